The maximum atomic E-state index is 13.2. The third-order valence-corrected chi connectivity index (χ3v) is 5.29. The second-order valence-corrected chi connectivity index (χ2v) is 7.52. The van der Waals surface area contributed by atoms with E-state index in [1.54, 1.807) is 23.5 Å². The molecule has 0 saturated heterocycles. The van der Waals surface area contributed by atoms with Gasteiger partial charge in [0.15, 0.2) is 0 Å². The summed E-state index contributed by atoms with van der Waals surface area (Å²) in [7, 11) is 0. The molecule has 5 nitrogen and oxygen atoms in total. The van der Waals surface area contributed by atoms with Crippen LogP contribution < -0.4 is 10.6 Å². The second kappa shape index (κ2) is 7.81. The molecule has 7 heteroatoms. The van der Waals surface area contributed by atoms with Crippen molar-refractivity contribution in [1.29, 1.82) is 0 Å². The van der Waals surface area contributed by atoms with Crippen molar-refractivity contribution in [3.8, 4) is 10.6 Å². The maximum absolute atomic E-state index is 13.2. The summed E-state index contributed by atoms with van der Waals surface area (Å²) in [4.78, 5) is 28.7. The number of nitrogens with zero attached hydrogens (tertiary/aromatic N) is 1. The summed E-state index contributed by atoms with van der Waals surface area (Å²) in [6.45, 7) is 2.04. The van der Waals surface area contributed by atoms with Crippen LogP contribution in [0.1, 0.15) is 5.56 Å². The van der Waals surface area contributed by atoms with Gasteiger partial charge in [-0.1, -0.05) is 12.1 Å². The molecule has 0 aliphatic carbocycles. The zero-order valence-electron chi connectivity index (χ0n) is 15.4. The maximum Gasteiger partial charge on any atom is 0.314 e. The molecule has 0 atom stereocenters. The van der Waals surface area contributed by atoms with E-state index < -0.39 is 17.6 Å². The van der Waals surface area contributed by atoms with Gasteiger partial charge in [-0.05, 0) is 67.1 Å². The number of benzene rings is 3. The average molecular weight is 405 g/mol. The van der Waals surface area contributed by atoms with E-state index in [0.29, 0.717) is 5.69 Å². The van der Waals surface area contributed by atoms with Crippen molar-refractivity contribution >= 4 is 44.7 Å². The Morgan fingerprint density at radius 3 is 2.34 bits per heavy atom. The van der Waals surface area contributed by atoms with E-state index in [0.717, 1.165) is 26.9 Å². The standard InChI is InChI=1S/C22H16FN3O2S/c1-13-5-10-18-19(11-13)29-22(26-18)14-6-8-16(9-7-14)24-20(27)21(28)25-17-4-2-3-15(23)12-17/h2-12H,1H3,(H,24,27)(H,25,28). The molecule has 0 saturated carbocycles. The highest BCUT2D eigenvalue weighted by molar-refractivity contribution is 7.21. The Kier molecular flexibility index (Phi) is 5.05. The van der Waals surface area contributed by atoms with Crippen LogP contribution in [0.2, 0.25) is 0 Å². The van der Waals surface area contributed by atoms with E-state index in [2.05, 4.69) is 21.7 Å². The molecule has 0 unspecified atom stereocenters. The Labute approximate surface area is 170 Å². The molecule has 0 aliphatic heterocycles. The van der Waals surface area contributed by atoms with Crippen LogP contribution in [0.25, 0.3) is 20.8 Å². The molecule has 144 valence electrons. The zero-order chi connectivity index (χ0) is 20.4. The van der Waals surface area contributed by atoms with Crippen molar-refractivity contribution < 1.29 is 14.0 Å². The van der Waals surface area contributed by atoms with Crippen LogP contribution in [0.4, 0.5) is 15.8 Å². The van der Waals surface area contributed by atoms with Crippen LogP contribution in [0, 0.1) is 12.7 Å². The normalized spacial score (nSPS) is 10.7. The lowest BCUT2D eigenvalue weighted by atomic mass is 10.2. The molecule has 2 N–H and O–H groups in total. The number of aromatic nitrogens is 1. The predicted octanol–water partition coefficient (Wildman–Crippen LogP) is 4.99. The number of hydrogen-bond donors (Lipinski definition) is 2. The number of aryl methyl sites for hydroxylation is 1. The minimum Gasteiger partial charge on any atom is -0.318 e. The lowest BCUT2D eigenvalue weighted by molar-refractivity contribution is -0.133. The van der Waals surface area contributed by atoms with Gasteiger partial charge < -0.3 is 10.6 Å². The van der Waals surface area contributed by atoms with Crippen LogP contribution in [-0.2, 0) is 9.59 Å². The fraction of sp³-hybridized carbons (Fsp3) is 0.0455. The topological polar surface area (TPSA) is 71.1 Å². The third-order valence-electron chi connectivity index (χ3n) is 4.22. The van der Waals surface area contributed by atoms with Crippen molar-refractivity contribution in [2.24, 2.45) is 0 Å². The molecule has 1 heterocycles. The molecule has 2 amide bonds. The van der Waals surface area contributed by atoms with Crippen LogP contribution >= 0.6 is 11.3 Å². The van der Waals surface area contributed by atoms with E-state index in [1.807, 2.05) is 31.2 Å². The molecule has 1 aromatic heterocycles. The fourth-order valence-electron chi connectivity index (χ4n) is 2.79. The van der Waals surface area contributed by atoms with Crippen LogP contribution in [0.5, 0.6) is 0 Å². The molecular formula is C22H16FN3O2S. The van der Waals surface area contributed by atoms with Gasteiger partial charge in [0.05, 0.1) is 10.2 Å². The Hall–Kier alpha value is -3.58. The van der Waals surface area contributed by atoms with E-state index in [1.165, 1.54) is 23.8 Å². The highest BCUT2D eigenvalue weighted by atomic mass is 32.1. The number of carbonyl (C=O) groups is 2. The number of hydrogen-bond acceptors (Lipinski definition) is 4. The summed E-state index contributed by atoms with van der Waals surface area (Å²) in [6.07, 6.45) is 0. The minimum atomic E-state index is -0.874. The first-order valence-corrected chi connectivity index (χ1v) is 9.65. The van der Waals surface area contributed by atoms with Gasteiger partial charge in [0.2, 0.25) is 0 Å². The van der Waals surface area contributed by atoms with Gasteiger partial charge in [-0.25, -0.2) is 9.37 Å². The molecule has 0 fully saturated rings. The van der Waals surface area contributed by atoms with Gasteiger partial charge >= 0.3 is 11.8 Å². The molecule has 0 bridgehead atoms. The molecule has 29 heavy (non-hydrogen) atoms. The van der Waals surface area contributed by atoms with Gasteiger partial charge in [0.1, 0.15) is 10.8 Å². The van der Waals surface area contributed by atoms with E-state index in [4.69, 9.17) is 0 Å². The van der Waals surface area contributed by atoms with Crippen molar-refractivity contribution in [3.63, 3.8) is 0 Å². The molecule has 4 aromatic rings. The van der Waals surface area contributed by atoms with E-state index >= 15 is 0 Å². The molecular weight excluding hydrogens is 389 g/mol. The number of amides is 2. The lowest BCUT2D eigenvalue weighted by Gasteiger charge is -2.07. The Morgan fingerprint density at radius 2 is 1.62 bits per heavy atom. The summed E-state index contributed by atoms with van der Waals surface area (Å²) in [5.41, 5.74) is 3.74. The Balaban J connectivity index is 1.44. The summed E-state index contributed by atoms with van der Waals surface area (Å²) in [5, 5.41) is 5.77. The smallest absolute Gasteiger partial charge is 0.314 e. The average Bonchev–Trinajstić information content (AvgIpc) is 3.11. The van der Waals surface area contributed by atoms with E-state index in [9.17, 15) is 14.0 Å². The summed E-state index contributed by atoms with van der Waals surface area (Å²) in [6, 6.07) is 18.6. The number of rotatable bonds is 3. The quantitative estimate of drug-likeness (QED) is 0.472. The monoisotopic (exact) mass is 405 g/mol. The first kappa shape index (κ1) is 18.8. The SMILES string of the molecule is Cc1ccc2nc(-c3ccc(NC(=O)C(=O)Nc4cccc(F)c4)cc3)sc2c1. The highest BCUT2D eigenvalue weighted by Crippen LogP contribution is 2.31. The predicted molar refractivity (Wildman–Crippen MR) is 113 cm³/mol. The van der Waals surface area contributed by atoms with Crippen LogP contribution in [0.3, 0.4) is 0 Å². The molecule has 3 aromatic carbocycles. The fourth-order valence-corrected chi connectivity index (χ4v) is 3.86. The third kappa shape index (κ3) is 4.30. The minimum absolute atomic E-state index is 0.214. The number of halogens is 1. The number of carbonyl (C=O) groups excluding carboxylic acids is 2. The summed E-state index contributed by atoms with van der Waals surface area (Å²) < 4.78 is 14.3. The van der Waals surface area contributed by atoms with Gasteiger partial charge in [-0.15, -0.1) is 11.3 Å². The Bertz CT molecular complexity index is 1220. The van der Waals surface area contributed by atoms with Crippen LogP contribution in [-0.4, -0.2) is 16.8 Å². The van der Waals surface area contributed by atoms with Crippen molar-refractivity contribution in [2.75, 3.05) is 10.6 Å². The number of thiazole rings is 1. The van der Waals surface area contributed by atoms with Gasteiger partial charge in [0.25, 0.3) is 0 Å². The number of nitrogens with one attached hydrogen (secondary N) is 2. The van der Waals surface area contributed by atoms with Crippen molar-refractivity contribution in [3.05, 3.63) is 78.1 Å². The summed E-state index contributed by atoms with van der Waals surface area (Å²) >= 11 is 1.60. The first-order valence-electron chi connectivity index (χ1n) is 8.83. The first-order chi connectivity index (χ1) is 14.0. The zero-order valence-corrected chi connectivity index (χ0v) is 16.2. The molecule has 4 rings (SSSR count). The number of fused-ring (bicyclic) bond motifs is 1. The van der Waals surface area contributed by atoms with Gasteiger partial charge in [-0.2, -0.15) is 0 Å². The van der Waals surface area contributed by atoms with Gasteiger partial charge in [0, 0.05) is 16.9 Å². The van der Waals surface area contributed by atoms with Gasteiger partial charge in [-0.3, -0.25) is 9.59 Å². The van der Waals surface area contributed by atoms with Crippen molar-refractivity contribution in [2.45, 2.75) is 6.92 Å². The second-order valence-electron chi connectivity index (χ2n) is 6.49. The Morgan fingerprint density at radius 1 is 0.897 bits per heavy atom. The van der Waals surface area contributed by atoms with Crippen LogP contribution in [0.15, 0.2) is 66.7 Å². The lowest BCUT2D eigenvalue weighted by Crippen LogP contribution is -2.29. The molecule has 0 spiro atoms. The van der Waals surface area contributed by atoms with Crippen molar-refractivity contribution in [1.82, 2.24) is 4.98 Å². The molecule has 0 aliphatic rings. The summed E-state index contributed by atoms with van der Waals surface area (Å²) in [5.74, 6) is -2.21. The largest absolute Gasteiger partial charge is 0.318 e. The number of anilines is 2. The highest BCUT2D eigenvalue weighted by Gasteiger charge is 2.14. The molecule has 0 radical (unpaired) electrons. The van der Waals surface area contributed by atoms with E-state index in [-0.39, 0.29) is 5.69 Å².